The Balaban J connectivity index is 1.86. The van der Waals surface area contributed by atoms with Gasteiger partial charge >= 0.3 is 17.9 Å². The number of nitro benzene ring substituents is 1. The van der Waals surface area contributed by atoms with Crippen LogP contribution in [0.25, 0.3) is 0 Å². The van der Waals surface area contributed by atoms with Gasteiger partial charge in [0, 0.05) is 0 Å². The van der Waals surface area contributed by atoms with E-state index in [0.717, 1.165) is 6.07 Å². The predicted molar refractivity (Wildman–Crippen MR) is 167 cm³/mol. The number of hydrogen-bond acceptors (Lipinski definition) is 14. The van der Waals surface area contributed by atoms with Gasteiger partial charge in [-0.3, -0.25) is 24.5 Å². The molecule has 0 aliphatic carbocycles. The molecule has 0 spiro atoms. The molecular weight excluding hydrogens is 634 g/mol. The Morgan fingerprint density at radius 3 is 1.77 bits per heavy atom. The number of carbonyl (C=O) groups excluding carboxylic acids is 3. The fourth-order valence-electron chi connectivity index (χ4n) is 4.50. The third kappa shape index (κ3) is 9.13. The van der Waals surface area contributed by atoms with E-state index in [-0.39, 0.29) is 50.1 Å². The van der Waals surface area contributed by atoms with Gasteiger partial charge in [0.15, 0.2) is 23.1 Å². The minimum atomic E-state index is -1.77. The summed E-state index contributed by atoms with van der Waals surface area (Å²) in [6, 6.07) is 2.42. The number of ether oxygens (including phenoxy) is 9. The van der Waals surface area contributed by atoms with Crippen LogP contribution in [-0.4, -0.2) is 87.8 Å². The molecule has 1 atom stereocenters. The first-order valence-corrected chi connectivity index (χ1v) is 15.2. The predicted octanol–water partition coefficient (Wildman–Crippen LogP) is 3.89. The van der Waals surface area contributed by atoms with Gasteiger partial charge in [0.05, 0.1) is 50.1 Å². The molecule has 0 aromatic heterocycles. The molecule has 2 aliphatic rings. The van der Waals surface area contributed by atoms with Crippen LogP contribution >= 0.6 is 0 Å². The second-order valence-electron chi connectivity index (χ2n) is 13.6. The maximum atomic E-state index is 13.8. The highest BCUT2D eigenvalue weighted by molar-refractivity contribution is 5.81. The van der Waals surface area contributed by atoms with E-state index in [2.05, 4.69) is 5.92 Å². The van der Waals surface area contributed by atoms with Crippen LogP contribution in [0.2, 0.25) is 0 Å². The van der Waals surface area contributed by atoms with E-state index in [0.29, 0.717) is 0 Å². The topological polar surface area (TPSA) is 177 Å². The molecule has 48 heavy (non-hydrogen) atoms. The van der Waals surface area contributed by atoms with Crippen molar-refractivity contribution < 1.29 is 61.9 Å². The van der Waals surface area contributed by atoms with Gasteiger partial charge in [0.2, 0.25) is 0 Å². The fourth-order valence-corrected chi connectivity index (χ4v) is 4.50. The summed E-state index contributed by atoms with van der Waals surface area (Å²) in [5.74, 6) is -1.79. The van der Waals surface area contributed by atoms with Crippen LogP contribution in [-0.2, 0) is 47.5 Å². The molecule has 0 N–H and O–H groups in total. The number of terminal acetylenes is 1. The van der Waals surface area contributed by atoms with Crippen LogP contribution < -0.4 is 9.47 Å². The number of hydrogen-bond donors (Lipinski definition) is 0. The van der Waals surface area contributed by atoms with Crippen molar-refractivity contribution in [2.45, 2.75) is 73.1 Å². The number of nitrogens with zero attached hydrogens (tertiary/aromatic N) is 1. The van der Waals surface area contributed by atoms with E-state index >= 15 is 0 Å². The number of nitro groups is 1. The van der Waals surface area contributed by atoms with E-state index in [1.54, 1.807) is 41.5 Å². The fraction of sp³-hybridized carbons (Fsp3) is 0.667. The van der Waals surface area contributed by atoms with Crippen molar-refractivity contribution in [1.82, 2.24) is 0 Å². The lowest BCUT2D eigenvalue weighted by Crippen LogP contribution is -2.51. The summed E-state index contributed by atoms with van der Waals surface area (Å²) in [6.07, 6.45) is 4.03. The average molecular weight is 680 g/mol. The summed E-state index contributed by atoms with van der Waals surface area (Å²) in [5.41, 5.74) is -4.60. The Morgan fingerprint density at radius 1 is 0.917 bits per heavy atom. The average Bonchev–Trinajstić information content (AvgIpc) is 3.03. The molecule has 15 nitrogen and oxygen atoms in total. The minimum absolute atomic E-state index is 0.00668. The Bertz CT molecular complexity index is 1360. The third-order valence-electron chi connectivity index (χ3n) is 8.02. The molecule has 2 heterocycles. The van der Waals surface area contributed by atoms with Crippen molar-refractivity contribution in [3.8, 4) is 23.8 Å². The molecule has 2 aliphatic heterocycles. The molecule has 15 heteroatoms. The highest BCUT2D eigenvalue weighted by Crippen LogP contribution is 2.40. The minimum Gasteiger partial charge on any atom is -0.493 e. The SMILES string of the molecule is C#CCOc1cc([N+](=O)[O-])c(C(C)OC(=O)C(C)(COC(=O)C2(C)COC(C)(C)OC2)COC(=O)C2(C)COC(C)(C)OC2)cc1OC. The second-order valence-corrected chi connectivity index (χ2v) is 13.6. The summed E-state index contributed by atoms with van der Waals surface area (Å²) >= 11 is 0. The summed E-state index contributed by atoms with van der Waals surface area (Å²) in [6.45, 7) is 11.5. The standard InChI is InChI=1S/C33H45NO14/c1-11-12-41-25-14-23(34(38)39)22(13-24(25)40-10)21(2)48-28(37)31(7,15-42-26(35)32(8)17-44-29(3,4)45-18-32)16-43-27(36)33(9)19-46-30(5,6)47-20-33/h1,13-14,21H,12,15-20H2,2-10H3. The van der Waals surface area contributed by atoms with Crippen LogP contribution in [0.1, 0.15) is 67.1 Å². The summed E-state index contributed by atoms with van der Waals surface area (Å²) < 4.78 is 50.2. The van der Waals surface area contributed by atoms with Gasteiger partial charge in [-0.25, -0.2) is 0 Å². The highest BCUT2D eigenvalue weighted by Gasteiger charge is 2.48. The van der Waals surface area contributed by atoms with Crippen molar-refractivity contribution in [1.29, 1.82) is 0 Å². The quantitative estimate of drug-likeness (QED) is 0.0964. The number of benzene rings is 1. The largest absolute Gasteiger partial charge is 0.493 e. The summed E-state index contributed by atoms with van der Waals surface area (Å²) in [5, 5.41) is 12.0. The lowest BCUT2D eigenvalue weighted by Gasteiger charge is -2.40. The molecule has 2 saturated heterocycles. The lowest BCUT2D eigenvalue weighted by molar-refractivity contribution is -0.386. The molecule has 3 rings (SSSR count). The van der Waals surface area contributed by atoms with E-state index in [9.17, 15) is 24.5 Å². The Hall–Kier alpha value is -3.97. The first-order chi connectivity index (χ1) is 22.2. The van der Waals surface area contributed by atoms with Crippen LogP contribution in [0.15, 0.2) is 12.1 Å². The van der Waals surface area contributed by atoms with Gasteiger partial charge in [0.25, 0.3) is 5.69 Å². The molecule has 2 fully saturated rings. The maximum Gasteiger partial charge on any atom is 0.319 e. The number of carbonyl (C=O) groups is 3. The molecular formula is C33H45NO14. The van der Waals surface area contributed by atoms with E-state index in [4.69, 9.17) is 49.1 Å². The zero-order valence-corrected chi connectivity index (χ0v) is 28.9. The first kappa shape index (κ1) is 38.5. The van der Waals surface area contributed by atoms with Gasteiger partial charge in [-0.15, -0.1) is 6.42 Å². The number of rotatable bonds is 13. The second kappa shape index (κ2) is 14.7. The van der Waals surface area contributed by atoms with Crippen molar-refractivity contribution in [3.63, 3.8) is 0 Å². The van der Waals surface area contributed by atoms with Gasteiger partial charge in [-0.1, -0.05) is 5.92 Å². The molecule has 0 saturated carbocycles. The first-order valence-electron chi connectivity index (χ1n) is 15.2. The van der Waals surface area contributed by atoms with Crippen LogP contribution in [0.4, 0.5) is 5.69 Å². The van der Waals surface area contributed by atoms with Crippen LogP contribution in [0.3, 0.4) is 0 Å². The van der Waals surface area contributed by atoms with Crippen molar-refractivity contribution >= 4 is 23.6 Å². The van der Waals surface area contributed by atoms with Crippen molar-refractivity contribution in [2.24, 2.45) is 16.2 Å². The zero-order valence-electron chi connectivity index (χ0n) is 28.9. The maximum absolute atomic E-state index is 13.8. The van der Waals surface area contributed by atoms with Crippen molar-refractivity contribution in [2.75, 3.05) is 53.4 Å². The zero-order chi connectivity index (χ0) is 36.1. The Kier molecular flexibility index (Phi) is 11.7. The lowest BCUT2D eigenvalue weighted by atomic mass is 9.89. The van der Waals surface area contributed by atoms with Crippen molar-refractivity contribution in [3.05, 3.63) is 27.8 Å². The number of methoxy groups -OCH3 is 1. The molecule has 1 aromatic rings. The van der Waals surface area contributed by atoms with E-state index < -0.39 is 75.7 Å². The van der Waals surface area contributed by atoms with Gasteiger partial charge in [0.1, 0.15) is 42.2 Å². The molecule has 0 bridgehead atoms. The number of esters is 3. The van der Waals surface area contributed by atoms with Crippen LogP contribution in [0, 0.1) is 38.7 Å². The Morgan fingerprint density at radius 2 is 1.38 bits per heavy atom. The van der Waals surface area contributed by atoms with Gasteiger partial charge < -0.3 is 42.6 Å². The molecule has 0 amide bonds. The molecule has 0 radical (unpaired) electrons. The molecule has 266 valence electrons. The summed E-state index contributed by atoms with van der Waals surface area (Å²) in [4.78, 5) is 51.7. The third-order valence-corrected chi connectivity index (χ3v) is 8.02. The highest BCUT2D eigenvalue weighted by atomic mass is 16.7. The normalized spacial score (nSPS) is 19.9. The smallest absolute Gasteiger partial charge is 0.319 e. The summed E-state index contributed by atoms with van der Waals surface area (Å²) in [7, 11) is 1.33. The molecule has 1 unspecified atom stereocenters. The van der Waals surface area contributed by atoms with Gasteiger partial charge in [-0.05, 0) is 61.5 Å². The van der Waals surface area contributed by atoms with E-state index in [1.807, 2.05) is 0 Å². The van der Waals surface area contributed by atoms with Crippen LogP contribution in [0.5, 0.6) is 11.5 Å². The van der Waals surface area contributed by atoms with Gasteiger partial charge in [-0.2, -0.15) is 0 Å². The molecule has 1 aromatic carbocycles. The van der Waals surface area contributed by atoms with E-state index in [1.165, 1.54) is 27.0 Å². The monoisotopic (exact) mass is 679 g/mol. The Labute approximate surface area is 279 Å².